The molecule has 0 amide bonds. The minimum atomic E-state index is -4.82. The molecular weight excluding hydrogens is 528 g/mol. The molecule has 3 aromatic rings. The fourth-order valence-corrected chi connectivity index (χ4v) is 4.72. The van der Waals surface area contributed by atoms with Crippen molar-refractivity contribution in [2.75, 3.05) is 22.7 Å². The Kier molecular flexibility index (Phi) is 8.92. The number of nitrogens with one attached hydrogen (secondary N) is 1. The second-order valence-corrected chi connectivity index (χ2v) is 10.1. The van der Waals surface area contributed by atoms with E-state index in [1.54, 1.807) is 11.0 Å². The predicted molar refractivity (Wildman–Crippen MR) is 134 cm³/mol. The van der Waals surface area contributed by atoms with Crippen LogP contribution in [0.25, 0.3) is 11.3 Å². The summed E-state index contributed by atoms with van der Waals surface area (Å²) in [5, 5.41) is 8.49. The molecule has 0 aliphatic rings. The van der Waals surface area contributed by atoms with Crippen LogP contribution in [0.2, 0.25) is 0 Å². The molecule has 2 aromatic heterocycles. The van der Waals surface area contributed by atoms with Crippen LogP contribution in [0.3, 0.4) is 0 Å². The second-order valence-electron chi connectivity index (χ2n) is 8.47. The summed E-state index contributed by atoms with van der Waals surface area (Å²) >= 11 is 0. The number of pyridine rings is 2. The molecule has 2 N–H and O–H groups in total. The van der Waals surface area contributed by atoms with E-state index in [1.165, 1.54) is 25.1 Å². The number of nitrogens with zero attached hydrogens (tertiary/aromatic N) is 3. The number of alkyl halides is 3. The topological polar surface area (TPSA) is 112 Å². The number of aliphatic carboxylic acids is 1. The van der Waals surface area contributed by atoms with E-state index in [0.29, 0.717) is 43.4 Å². The summed E-state index contributed by atoms with van der Waals surface area (Å²) in [5.41, 5.74) is -1.58. The van der Waals surface area contributed by atoms with Crippen molar-refractivity contribution in [2.45, 2.75) is 44.3 Å². The molecule has 8 nitrogen and oxygen atoms in total. The minimum Gasteiger partial charge on any atom is -0.481 e. The molecule has 38 heavy (non-hydrogen) atoms. The van der Waals surface area contributed by atoms with Gasteiger partial charge in [0.15, 0.2) is 5.03 Å². The van der Waals surface area contributed by atoms with Gasteiger partial charge < -0.3 is 10.0 Å². The lowest BCUT2D eigenvalue weighted by Gasteiger charge is -2.23. The van der Waals surface area contributed by atoms with Gasteiger partial charge in [-0.25, -0.2) is 14.4 Å². The van der Waals surface area contributed by atoms with Crippen molar-refractivity contribution in [1.29, 1.82) is 0 Å². The zero-order valence-corrected chi connectivity index (χ0v) is 21.4. The van der Waals surface area contributed by atoms with Crippen molar-refractivity contribution in [3.05, 3.63) is 65.5 Å². The van der Waals surface area contributed by atoms with Gasteiger partial charge in [-0.2, -0.15) is 21.6 Å². The summed E-state index contributed by atoms with van der Waals surface area (Å²) in [4.78, 5) is 20.7. The Morgan fingerprint density at radius 1 is 1.08 bits per heavy atom. The highest BCUT2D eigenvalue weighted by atomic mass is 32.2. The molecule has 0 bridgehead atoms. The zero-order valence-electron chi connectivity index (χ0n) is 20.6. The molecule has 1 aromatic carbocycles. The van der Waals surface area contributed by atoms with Gasteiger partial charge in [-0.3, -0.25) is 9.52 Å². The smallest absolute Gasteiger partial charge is 0.418 e. The van der Waals surface area contributed by atoms with Crippen LogP contribution in [-0.4, -0.2) is 42.6 Å². The lowest BCUT2D eigenvalue weighted by molar-refractivity contribution is -0.138. The number of rotatable bonds is 11. The maximum atomic E-state index is 13.9. The summed E-state index contributed by atoms with van der Waals surface area (Å²) in [5.74, 6) is -1.83. The van der Waals surface area contributed by atoms with Crippen LogP contribution in [-0.2, 0) is 21.0 Å². The number of sulfonamides is 1. The Labute approximate surface area is 217 Å². The van der Waals surface area contributed by atoms with Crippen LogP contribution in [0, 0.1) is 12.7 Å². The fourth-order valence-electron chi connectivity index (χ4n) is 3.75. The molecule has 0 spiro atoms. The number of aryl methyl sites for hydroxylation is 1. The van der Waals surface area contributed by atoms with E-state index < -0.39 is 50.1 Å². The first-order valence-electron chi connectivity index (χ1n) is 11.6. The monoisotopic (exact) mass is 554 g/mol. The first-order chi connectivity index (χ1) is 17.8. The number of carbonyl (C=O) groups is 1. The van der Waals surface area contributed by atoms with Crippen molar-refractivity contribution < 1.29 is 35.9 Å². The molecular formula is C25H26F4N4O4S. The highest BCUT2D eigenvalue weighted by Gasteiger charge is 2.35. The van der Waals surface area contributed by atoms with E-state index in [1.807, 2.05) is 6.92 Å². The van der Waals surface area contributed by atoms with E-state index >= 15 is 0 Å². The molecule has 13 heteroatoms. The van der Waals surface area contributed by atoms with Gasteiger partial charge in [0, 0.05) is 25.1 Å². The summed E-state index contributed by atoms with van der Waals surface area (Å²) in [6.45, 7) is 4.23. The number of carboxylic acid groups (broad SMARTS) is 1. The summed E-state index contributed by atoms with van der Waals surface area (Å²) in [6, 6.07) is 9.11. The van der Waals surface area contributed by atoms with Gasteiger partial charge in [0.05, 0.1) is 11.3 Å². The number of halogens is 4. The van der Waals surface area contributed by atoms with Gasteiger partial charge in [-0.15, -0.1) is 0 Å². The van der Waals surface area contributed by atoms with Crippen LogP contribution >= 0.6 is 0 Å². The molecule has 204 valence electrons. The molecule has 0 atom stereocenters. The number of benzene rings is 1. The summed E-state index contributed by atoms with van der Waals surface area (Å²) < 4.78 is 83.3. The zero-order chi connectivity index (χ0) is 28.1. The van der Waals surface area contributed by atoms with E-state index in [9.17, 15) is 30.8 Å². The Morgan fingerprint density at radius 3 is 2.47 bits per heavy atom. The normalized spacial score (nSPS) is 11.8. The highest BCUT2D eigenvalue weighted by molar-refractivity contribution is 7.92. The van der Waals surface area contributed by atoms with Crippen molar-refractivity contribution in [1.82, 2.24) is 9.97 Å². The van der Waals surface area contributed by atoms with Crippen LogP contribution in [0.4, 0.5) is 29.2 Å². The van der Waals surface area contributed by atoms with Crippen molar-refractivity contribution in [3.63, 3.8) is 0 Å². The lowest BCUT2D eigenvalue weighted by Crippen LogP contribution is -2.27. The predicted octanol–water partition coefficient (Wildman–Crippen LogP) is 5.49. The number of carboxylic acids is 1. The number of aromatic nitrogens is 2. The number of hydrogen-bond donors (Lipinski definition) is 2. The average molecular weight is 555 g/mol. The SMILES string of the molecule is CCCN(CCCC(=O)O)c1cccc(S(=O)(=O)Nc2ccc(C(F)(F)F)c(-c3cc(F)ccc3C)n2)n1. The molecule has 3 rings (SSSR count). The van der Waals surface area contributed by atoms with Crippen molar-refractivity contribution >= 4 is 27.6 Å². The standard InChI is InChI=1S/C25H26F4N4O4S/c1-3-13-33(14-5-8-23(34)35)21-6-4-7-22(31-21)38(36,37)32-20-12-11-19(25(27,28)29)24(30-20)18-15-17(26)10-9-16(18)2/h4,6-7,9-12,15H,3,5,8,13-14H2,1-2H3,(H,30,32)(H,34,35). The van der Waals surface area contributed by atoms with Gasteiger partial charge >= 0.3 is 12.1 Å². The van der Waals surface area contributed by atoms with Crippen LogP contribution in [0.1, 0.15) is 37.3 Å². The van der Waals surface area contributed by atoms with Gasteiger partial charge in [0.1, 0.15) is 17.5 Å². The molecule has 0 radical (unpaired) electrons. The molecule has 0 saturated heterocycles. The minimum absolute atomic E-state index is 0.0630. The van der Waals surface area contributed by atoms with Crippen molar-refractivity contribution in [3.8, 4) is 11.3 Å². The van der Waals surface area contributed by atoms with E-state index in [-0.39, 0.29) is 12.0 Å². The third-order valence-electron chi connectivity index (χ3n) is 5.51. The Balaban J connectivity index is 1.97. The third-order valence-corrected chi connectivity index (χ3v) is 6.77. The first-order valence-corrected chi connectivity index (χ1v) is 13.1. The summed E-state index contributed by atoms with van der Waals surface area (Å²) in [7, 11) is -4.38. The number of hydrogen-bond acceptors (Lipinski definition) is 6. The fraction of sp³-hybridized carbons (Fsp3) is 0.320. The van der Waals surface area contributed by atoms with E-state index in [2.05, 4.69) is 14.7 Å². The quantitative estimate of drug-likeness (QED) is 0.301. The number of anilines is 2. The Hall–Kier alpha value is -3.74. The van der Waals surface area contributed by atoms with Crippen LogP contribution in [0.15, 0.2) is 53.6 Å². The average Bonchev–Trinajstić information content (AvgIpc) is 2.84. The first kappa shape index (κ1) is 28.8. The van der Waals surface area contributed by atoms with Gasteiger partial charge in [-0.05, 0) is 61.7 Å². The third kappa shape index (κ3) is 7.18. The second kappa shape index (κ2) is 11.8. The highest BCUT2D eigenvalue weighted by Crippen LogP contribution is 2.38. The van der Waals surface area contributed by atoms with Gasteiger partial charge in [0.25, 0.3) is 10.0 Å². The largest absolute Gasteiger partial charge is 0.481 e. The molecule has 0 aliphatic carbocycles. The van der Waals surface area contributed by atoms with Gasteiger partial charge in [0.2, 0.25) is 0 Å². The van der Waals surface area contributed by atoms with E-state index in [4.69, 9.17) is 5.11 Å². The Morgan fingerprint density at radius 2 is 1.82 bits per heavy atom. The molecule has 2 heterocycles. The Bertz CT molecular complexity index is 1410. The molecule has 0 aliphatic heterocycles. The maximum Gasteiger partial charge on any atom is 0.418 e. The van der Waals surface area contributed by atoms with Gasteiger partial charge in [-0.1, -0.05) is 19.1 Å². The van der Waals surface area contributed by atoms with Crippen molar-refractivity contribution in [2.24, 2.45) is 0 Å². The van der Waals surface area contributed by atoms with Crippen LogP contribution in [0.5, 0.6) is 0 Å². The summed E-state index contributed by atoms with van der Waals surface area (Å²) in [6.07, 6.45) is -3.87. The van der Waals surface area contributed by atoms with E-state index in [0.717, 1.165) is 18.2 Å². The molecule has 0 fully saturated rings. The lowest BCUT2D eigenvalue weighted by atomic mass is 10.0. The maximum absolute atomic E-state index is 13.9. The molecule has 0 unspecified atom stereocenters. The molecule has 0 saturated carbocycles. The van der Waals surface area contributed by atoms with Crippen LogP contribution < -0.4 is 9.62 Å².